The van der Waals surface area contributed by atoms with Crippen LogP contribution in [0.4, 0.5) is 0 Å². The minimum atomic E-state index is -0.0787. The number of hydrogen-bond donors (Lipinski definition) is 0. The van der Waals surface area contributed by atoms with Crippen LogP contribution in [-0.2, 0) is 4.79 Å². The number of fused-ring (bicyclic) bond motifs is 1. The van der Waals surface area contributed by atoms with Crippen LogP contribution in [0.2, 0.25) is 0 Å². The van der Waals surface area contributed by atoms with Gasteiger partial charge in [-0.25, -0.2) is 9.69 Å². The summed E-state index contributed by atoms with van der Waals surface area (Å²) in [5.41, 5.74) is 3.08. The van der Waals surface area contributed by atoms with Crippen molar-refractivity contribution in [3.05, 3.63) is 71.8 Å². The molecule has 2 heterocycles. The summed E-state index contributed by atoms with van der Waals surface area (Å²) in [4.78, 5) is 12.9. The molecule has 1 amide bonds. The van der Waals surface area contributed by atoms with Crippen LogP contribution >= 0.6 is 11.8 Å². The summed E-state index contributed by atoms with van der Waals surface area (Å²) in [6, 6.07) is 17.8. The standard InChI is InChI=1S/C20H18N4OS/c1-15-7-5-6-10-17(15)19-21-22-20-24(19)23(13-14-26-20)18(25)12-11-16-8-3-2-4-9-16/h2-12H,13-14H2,1H3/b12-11+. The summed E-state index contributed by atoms with van der Waals surface area (Å²) in [6.45, 7) is 2.65. The maximum absolute atomic E-state index is 12.9. The first kappa shape index (κ1) is 16.6. The summed E-state index contributed by atoms with van der Waals surface area (Å²) >= 11 is 1.62. The van der Waals surface area contributed by atoms with Gasteiger partial charge in [0, 0.05) is 17.4 Å². The minimum Gasteiger partial charge on any atom is -0.268 e. The van der Waals surface area contributed by atoms with Crippen molar-refractivity contribution < 1.29 is 4.79 Å². The van der Waals surface area contributed by atoms with Crippen LogP contribution < -0.4 is 5.01 Å². The molecule has 26 heavy (non-hydrogen) atoms. The van der Waals surface area contributed by atoms with Gasteiger partial charge in [-0.1, -0.05) is 66.4 Å². The van der Waals surface area contributed by atoms with Crippen LogP contribution in [-0.4, -0.2) is 33.1 Å². The van der Waals surface area contributed by atoms with E-state index in [9.17, 15) is 4.79 Å². The fraction of sp³-hybridized carbons (Fsp3) is 0.150. The van der Waals surface area contributed by atoms with E-state index in [2.05, 4.69) is 10.2 Å². The molecule has 0 bridgehead atoms. The van der Waals surface area contributed by atoms with Gasteiger partial charge in [0.15, 0.2) is 5.82 Å². The summed E-state index contributed by atoms with van der Waals surface area (Å²) < 4.78 is 1.84. The number of benzene rings is 2. The summed E-state index contributed by atoms with van der Waals surface area (Å²) in [5.74, 6) is 1.42. The fourth-order valence-corrected chi connectivity index (χ4v) is 3.77. The Morgan fingerprint density at radius 3 is 2.65 bits per heavy atom. The lowest BCUT2D eigenvalue weighted by Gasteiger charge is -2.28. The van der Waals surface area contributed by atoms with E-state index < -0.39 is 0 Å². The highest BCUT2D eigenvalue weighted by molar-refractivity contribution is 7.99. The fourth-order valence-electron chi connectivity index (χ4n) is 2.91. The Hall–Kier alpha value is -2.86. The highest BCUT2D eigenvalue weighted by atomic mass is 32.2. The Bertz CT molecular complexity index is 965. The first-order chi connectivity index (χ1) is 12.7. The van der Waals surface area contributed by atoms with Gasteiger partial charge < -0.3 is 0 Å². The molecule has 3 aromatic rings. The molecule has 0 unspecified atom stereocenters. The Morgan fingerprint density at radius 2 is 1.85 bits per heavy atom. The second-order valence-electron chi connectivity index (χ2n) is 5.99. The van der Waals surface area contributed by atoms with Crippen LogP contribution in [0, 0.1) is 6.92 Å². The van der Waals surface area contributed by atoms with Gasteiger partial charge >= 0.3 is 0 Å². The Labute approximate surface area is 156 Å². The number of hydrogen-bond acceptors (Lipinski definition) is 4. The Balaban J connectivity index is 1.69. The maximum atomic E-state index is 12.9. The average Bonchev–Trinajstić information content (AvgIpc) is 3.11. The molecule has 1 aliphatic rings. The largest absolute Gasteiger partial charge is 0.268 e. The van der Waals surface area contributed by atoms with Crippen molar-refractivity contribution in [1.82, 2.24) is 14.9 Å². The van der Waals surface area contributed by atoms with Crippen LogP contribution in [0.5, 0.6) is 0 Å². The summed E-state index contributed by atoms with van der Waals surface area (Å²) in [5, 5.41) is 11.1. The predicted octanol–water partition coefficient (Wildman–Crippen LogP) is 3.54. The molecule has 0 aliphatic carbocycles. The Kier molecular flexibility index (Phi) is 4.58. The van der Waals surface area contributed by atoms with E-state index in [0.717, 1.165) is 27.6 Å². The molecule has 0 N–H and O–H groups in total. The van der Waals surface area contributed by atoms with Gasteiger partial charge in [0.05, 0.1) is 6.54 Å². The van der Waals surface area contributed by atoms with Gasteiger partial charge in [-0.3, -0.25) is 4.79 Å². The lowest BCUT2D eigenvalue weighted by Crippen LogP contribution is -2.44. The van der Waals surface area contributed by atoms with Crippen molar-refractivity contribution in [2.24, 2.45) is 0 Å². The van der Waals surface area contributed by atoms with Gasteiger partial charge in [-0.15, -0.1) is 10.2 Å². The van der Waals surface area contributed by atoms with Crippen molar-refractivity contribution in [2.45, 2.75) is 12.1 Å². The quantitative estimate of drug-likeness (QED) is 0.669. The van der Waals surface area contributed by atoms with Gasteiger partial charge in [0.25, 0.3) is 5.91 Å². The minimum absolute atomic E-state index is 0.0787. The molecule has 6 heteroatoms. The zero-order valence-electron chi connectivity index (χ0n) is 14.4. The molecule has 4 rings (SSSR count). The molecule has 5 nitrogen and oxygen atoms in total. The highest BCUT2D eigenvalue weighted by Crippen LogP contribution is 2.29. The predicted molar refractivity (Wildman–Crippen MR) is 104 cm³/mol. The van der Waals surface area contributed by atoms with Gasteiger partial charge in [-0.2, -0.15) is 0 Å². The zero-order valence-corrected chi connectivity index (χ0v) is 15.2. The molecule has 0 fully saturated rings. The smallest absolute Gasteiger partial charge is 0.265 e. The lowest BCUT2D eigenvalue weighted by atomic mass is 10.1. The first-order valence-corrected chi connectivity index (χ1v) is 9.42. The molecule has 2 aromatic carbocycles. The van der Waals surface area contributed by atoms with E-state index in [4.69, 9.17) is 0 Å². The number of carbonyl (C=O) groups is 1. The molecule has 0 atom stereocenters. The van der Waals surface area contributed by atoms with E-state index in [1.54, 1.807) is 22.8 Å². The number of aromatic nitrogens is 3. The number of thioether (sulfide) groups is 1. The molecule has 0 spiro atoms. The SMILES string of the molecule is Cc1ccccc1-c1nnc2n1N(C(=O)/C=C/c1ccccc1)CCS2. The van der Waals surface area contributed by atoms with E-state index >= 15 is 0 Å². The molecular weight excluding hydrogens is 344 g/mol. The van der Waals surface area contributed by atoms with Crippen molar-refractivity contribution >= 4 is 23.7 Å². The van der Waals surface area contributed by atoms with Crippen LogP contribution in [0.25, 0.3) is 17.5 Å². The molecule has 0 saturated heterocycles. The number of nitrogens with zero attached hydrogens (tertiary/aromatic N) is 4. The number of carbonyl (C=O) groups excluding carboxylic acids is 1. The molecule has 1 aliphatic heterocycles. The van der Waals surface area contributed by atoms with Crippen LogP contribution in [0.15, 0.2) is 65.8 Å². The monoisotopic (exact) mass is 362 g/mol. The number of amides is 1. The number of rotatable bonds is 3. The third-order valence-corrected chi connectivity index (χ3v) is 5.15. The Morgan fingerprint density at radius 1 is 1.08 bits per heavy atom. The number of aryl methyl sites for hydroxylation is 1. The van der Waals surface area contributed by atoms with E-state index in [-0.39, 0.29) is 5.91 Å². The maximum Gasteiger partial charge on any atom is 0.265 e. The first-order valence-electron chi connectivity index (χ1n) is 8.43. The second-order valence-corrected chi connectivity index (χ2v) is 7.05. The second kappa shape index (κ2) is 7.17. The molecular formula is C20H18N4OS. The third-order valence-electron chi connectivity index (χ3n) is 4.25. The van der Waals surface area contributed by atoms with Crippen molar-refractivity contribution in [3.8, 4) is 11.4 Å². The van der Waals surface area contributed by atoms with Crippen LogP contribution in [0.3, 0.4) is 0 Å². The lowest BCUT2D eigenvalue weighted by molar-refractivity contribution is -0.115. The normalized spacial score (nSPS) is 13.8. The van der Waals surface area contributed by atoms with Gasteiger partial charge in [-0.05, 0) is 24.1 Å². The van der Waals surface area contributed by atoms with E-state index in [1.807, 2.05) is 72.3 Å². The van der Waals surface area contributed by atoms with Crippen molar-refractivity contribution in [3.63, 3.8) is 0 Å². The molecule has 1 aromatic heterocycles. The summed E-state index contributed by atoms with van der Waals surface area (Å²) in [6.07, 6.45) is 3.44. The highest BCUT2D eigenvalue weighted by Gasteiger charge is 2.27. The van der Waals surface area contributed by atoms with E-state index in [1.165, 1.54) is 0 Å². The topological polar surface area (TPSA) is 51.0 Å². The summed E-state index contributed by atoms with van der Waals surface area (Å²) in [7, 11) is 0. The molecule has 0 saturated carbocycles. The van der Waals surface area contributed by atoms with Gasteiger partial charge in [0.1, 0.15) is 0 Å². The molecule has 130 valence electrons. The van der Waals surface area contributed by atoms with E-state index in [0.29, 0.717) is 12.4 Å². The zero-order chi connectivity index (χ0) is 17.9. The third kappa shape index (κ3) is 3.15. The van der Waals surface area contributed by atoms with Crippen molar-refractivity contribution in [2.75, 3.05) is 17.3 Å². The average molecular weight is 362 g/mol. The van der Waals surface area contributed by atoms with Crippen LogP contribution in [0.1, 0.15) is 11.1 Å². The molecule has 0 radical (unpaired) electrons. The van der Waals surface area contributed by atoms with Gasteiger partial charge in [0.2, 0.25) is 5.16 Å². The van der Waals surface area contributed by atoms with Crippen molar-refractivity contribution in [1.29, 1.82) is 0 Å².